The molecule has 0 saturated heterocycles. The van der Waals surface area contributed by atoms with Crippen molar-refractivity contribution in [3.05, 3.63) is 10.4 Å². The molecule has 0 saturated carbocycles. The molecule has 2 atom stereocenters. The predicted octanol–water partition coefficient (Wildman–Crippen LogP) is -0.253. The summed E-state index contributed by atoms with van der Waals surface area (Å²) < 4.78 is 0. The first-order valence-electron chi connectivity index (χ1n) is 3.05. The molecule has 0 heterocycles. The van der Waals surface area contributed by atoms with Crippen LogP contribution in [0.5, 0.6) is 0 Å². The van der Waals surface area contributed by atoms with E-state index < -0.39 is 17.9 Å². The van der Waals surface area contributed by atoms with Crippen molar-refractivity contribution in [2.24, 2.45) is 5.11 Å². The van der Waals surface area contributed by atoms with E-state index in [4.69, 9.17) is 20.9 Å². The zero-order valence-electron chi connectivity index (χ0n) is 6.34. The molecule has 11 heavy (non-hydrogen) atoms. The molecule has 0 bridgehead atoms. The first-order chi connectivity index (χ1) is 4.95. The number of aliphatic hydroxyl groups excluding tert-OH is 2. The monoisotopic (exact) mass is 161 g/mol. The third-order valence-corrected chi connectivity index (χ3v) is 1.63. The average Bonchev–Trinajstić information content (AvgIpc) is 1.87. The fraction of sp³-hybridized carbons (Fsp3) is 1.00. The van der Waals surface area contributed by atoms with Crippen LogP contribution in [0.4, 0.5) is 0 Å². The third-order valence-electron chi connectivity index (χ3n) is 1.63. The van der Waals surface area contributed by atoms with Crippen LogP contribution in [-0.4, -0.2) is 33.3 Å². The Hall–Kier alpha value is -0.810. The fourth-order valence-electron chi connectivity index (χ4n) is 0.447. The first-order valence-corrected chi connectivity index (χ1v) is 3.05. The van der Waals surface area contributed by atoms with Crippen molar-refractivity contribution in [3.63, 3.8) is 0 Å². The number of hydrogen-bond donors (Lipinski definition) is 3. The van der Waals surface area contributed by atoms with Crippen LogP contribution in [-0.2, 0) is 0 Å². The van der Waals surface area contributed by atoms with Crippen molar-refractivity contribution in [2.45, 2.75) is 31.8 Å². The van der Waals surface area contributed by atoms with E-state index in [0.717, 1.165) is 0 Å². The minimum Gasteiger partial charge on any atom is -0.393 e. The predicted molar refractivity (Wildman–Crippen MR) is 37.5 cm³/mol. The molecule has 64 valence electrons. The molecule has 3 N–H and O–H groups in total. The lowest BCUT2D eigenvalue weighted by Crippen LogP contribution is -2.46. The quantitative estimate of drug-likeness (QED) is 0.229. The van der Waals surface area contributed by atoms with E-state index in [1.165, 1.54) is 13.8 Å². The van der Waals surface area contributed by atoms with Gasteiger partial charge in [-0.05, 0) is 19.4 Å². The van der Waals surface area contributed by atoms with E-state index in [1.807, 2.05) is 0 Å². The average molecular weight is 161 g/mol. The summed E-state index contributed by atoms with van der Waals surface area (Å²) in [4.78, 5) is 2.40. The van der Waals surface area contributed by atoms with Gasteiger partial charge in [0.1, 0.15) is 5.54 Å². The van der Waals surface area contributed by atoms with Crippen molar-refractivity contribution < 1.29 is 15.3 Å². The molecule has 0 aliphatic heterocycles. The molecule has 0 amide bonds. The van der Waals surface area contributed by atoms with Crippen molar-refractivity contribution in [3.8, 4) is 0 Å². The SMILES string of the molecule is C[C@@H](O)[C@](C)(N=[N+]=[N-])C(O)O. The second-order valence-corrected chi connectivity index (χ2v) is 2.46. The highest BCUT2D eigenvalue weighted by molar-refractivity contribution is 4.90. The van der Waals surface area contributed by atoms with Crippen LogP contribution in [0.1, 0.15) is 13.8 Å². The van der Waals surface area contributed by atoms with Crippen LogP contribution in [0.25, 0.3) is 10.4 Å². The molecule has 0 unspecified atom stereocenters. The Morgan fingerprint density at radius 3 is 2.00 bits per heavy atom. The molecule has 6 heteroatoms. The van der Waals surface area contributed by atoms with Crippen LogP contribution in [0.15, 0.2) is 5.11 Å². The molecule has 0 aromatic carbocycles. The molecule has 0 spiro atoms. The molecule has 0 aliphatic rings. The van der Waals surface area contributed by atoms with E-state index in [0.29, 0.717) is 0 Å². The van der Waals surface area contributed by atoms with Crippen molar-refractivity contribution in [1.29, 1.82) is 0 Å². The minimum absolute atomic E-state index is 1.11. The molecule has 6 nitrogen and oxygen atoms in total. The molecule has 0 aliphatic carbocycles. The lowest BCUT2D eigenvalue weighted by atomic mass is 9.97. The van der Waals surface area contributed by atoms with Gasteiger partial charge in [0, 0.05) is 4.91 Å². The highest BCUT2D eigenvalue weighted by atomic mass is 16.5. The maximum Gasteiger partial charge on any atom is 0.165 e. The van der Waals surface area contributed by atoms with Gasteiger partial charge in [0.05, 0.1) is 6.10 Å². The van der Waals surface area contributed by atoms with E-state index in [9.17, 15) is 0 Å². The Labute approximate surface area is 63.7 Å². The highest BCUT2D eigenvalue weighted by Crippen LogP contribution is 2.19. The number of nitrogens with zero attached hydrogens (tertiary/aromatic N) is 3. The van der Waals surface area contributed by atoms with Gasteiger partial charge in [-0.2, -0.15) is 0 Å². The Bertz CT molecular complexity index is 166. The van der Waals surface area contributed by atoms with E-state index in [2.05, 4.69) is 10.0 Å². The Kier molecular flexibility index (Phi) is 3.28. The molecule has 0 rings (SSSR count). The number of azide groups is 1. The van der Waals surface area contributed by atoms with Crippen molar-refractivity contribution in [2.75, 3.05) is 0 Å². The van der Waals surface area contributed by atoms with Gasteiger partial charge in [-0.15, -0.1) is 0 Å². The standard InChI is InChI=1S/C5H11N3O3/c1-3(9)5(2,4(10)11)7-8-6/h3-4,9-11H,1-2H3/t3-,5+/m1/s1. The van der Waals surface area contributed by atoms with Gasteiger partial charge < -0.3 is 15.3 Å². The van der Waals surface area contributed by atoms with Gasteiger partial charge in [0.2, 0.25) is 0 Å². The van der Waals surface area contributed by atoms with Gasteiger partial charge in [-0.25, -0.2) is 0 Å². The summed E-state index contributed by atoms with van der Waals surface area (Å²) in [5, 5.41) is 29.5. The molecular formula is C5H11N3O3. The highest BCUT2D eigenvalue weighted by Gasteiger charge is 2.35. The maximum absolute atomic E-state index is 8.99. The van der Waals surface area contributed by atoms with Crippen LogP contribution in [0, 0.1) is 0 Å². The van der Waals surface area contributed by atoms with Gasteiger partial charge in [0.15, 0.2) is 6.29 Å². The zero-order valence-corrected chi connectivity index (χ0v) is 6.34. The molecule has 0 fully saturated rings. The third kappa shape index (κ3) is 2.06. The molecule has 0 radical (unpaired) electrons. The number of aliphatic hydroxyl groups is 3. The normalized spacial score (nSPS) is 18.7. The summed E-state index contributed by atoms with van der Waals surface area (Å²) in [6.07, 6.45) is -2.98. The van der Waals surface area contributed by atoms with Crippen LogP contribution in [0.2, 0.25) is 0 Å². The summed E-state index contributed by atoms with van der Waals surface area (Å²) in [5.74, 6) is 0. The summed E-state index contributed by atoms with van der Waals surface area (Å²) in [6, 6.07) is 0. The van der Waals surface area contributed by atoms with Crippen LogP contribution >= 0.6 is 0 Å². The van der Waals surface area contributed by atoms with E-state index >= 15 is 0 Å². The largest absolute Gasteiger partial charge is 0.393 e. The van der Waals surface area contributed by atoms with Gasteiger partial charge in [-0.1, -0.05) is 5.11 Å². The summed E-state index contributed by atoms with van der Waals surface area (Å²) in [6.45, 7) is 2.57. The zero-order chi connectivity index (χ0) is 9.07. The van der Waals surface area contributed by atoms with Gasteiger partial charge >= 0.3 is 0 Å². The van der Waals surface area contributed by atoms with Gasteiger partial charge in [-0.3, -0.25) is 0 Å². The van der Waals surface area contributed by atoms with Crippen molar-refractivity contribution >= 4 is 0 Å². The smallest absolute Gasteiger partial charge is 0.165 e. The Morgan fingerprint density at radius 1 is 1.45 bits per heavy atom. The molecule has 0 aromatic heterocycles. The second-order valence-electron chi connectivity index (χ2n) is 2.46. The summed E-state index contributed by atoms with van der Waals surface area (Å²) >= 11 is 0. The minimum atomic E-state index is -1.86. The maximum atomic E-state index is 8.99. The topological polar surface area (TPSA) is 109 Å². The molecular weight excluding hydrogens is 150 g/mol. The fourth-order valence-corrected chi connectivity index (χ4v) is 0.447. The Morgan fingerprint density at radius 2 is 1.91 bits per heavy atom. The lowest BCUT2D eigenvalue weighted by molar-refractivity contribution is -0.121. The van der Waals surface area contributed by atoms with Gasteiger partial charge in [0.25, 0.3) is 0 Å². The number of rotatable bonds is 3. The summed E-state index contributed by atoms with van der Waals surface area (Å²) in [7, 11) is 0. The lowest BCUT2D eigenvalue weighted by Gasteiger charge is -2.28. The van der Waals surface area contributed by atoms with Crippen LogP contribution in [0.3, 0.4) is 0 Å². The van der Waals surface area contributed by atoms with E-state index in [1.54, 1.807) is 0 Å². The summed E-state index contributed by atoms with van der Waals surface area (Å²) in [5.41, 5.74) is 6.45. The first kappa shape index (κ1) is 10.2. The van der Waals surface area contributed by atoms with Crippen LogP contribution < -0.4 is 0 Å². The molecule has 0 aromatic rings. The van der Waals surface area contributed by atoms with E-state index in [-0.39, 0.29) is 0 Å². The number of hydrogen-bond acceptors (Lipinski definition) is 4. The Balaban J connectivity index is 4.66. The van der Waals surface area contributed by atoms with Crippen molar-refractivity contribution in [1.82, 2.24) is 0 Å². The second kappa shape index (κ2) is 3.54.